The molecular formula is C17H27NO. The van der Waals surface area contributed by atoms with Gasteiger partial charge in [0.05, 0.1) is 18.8 Å². The van der Waals surface area contributed by atoms with E-state index in [9.17, 15) is 0 Å². The number of nitrogens with two attached hydrogens (primary N) is 1. The number of ether oxygens (including phenoxy) is 1. The number of hydrogen-bond acceptors (Lipinski definition) is 2. The Morgan fingerprint density at radius 1 is 1.32 bits per heavy atom. The molecule has 3 atom stereocenters. The van der Waals surface area contributed by atoms with E-state index >= 15 is 0 Å². The Labute approximate surface area is 117 Å². The van der Waals surface area contributed by atoms with Gasteiger partial charge in [0.1, 0.15) is 0 Å². The Bertz CT molecular complexity index is 391. The summed E-state index contributed by atoms with van der Waals surface area (Å²) in [5, 5.41) is 0. The van der Waals surface area contributed by atoms with Crippen molar-refractivity contribution in [2.24, 2.45) is 11.7 Å². The smallest absolute Gasteiger partial charge is 0.0663 e. The molecule has 2 N–H and O–H groups in total. The maximum atomic E-state index is 6.26. The van der Waals surface area contributed by atoms with Crippen molar-refractivity contribution in [1.82, 2.24) is 0 Å². The molecule has 0 amide bonds. The highest BCUT2D eigenvalue weighted by Gasteiger charge is 2.22. The van der Waals surface area contributed by atoms with Crippen molar-refractivity contribution in [1.29, 1.82) is 0 Å². The fourth-order valence-electron chi connectivity index (χ4n) is 3.10. The molecule has 1 saturated carbocycles. The monoisotopic (exact) mass is 261 g/mol. The van der Waals surface area contributed by atoms with Crippen LogP contribution in [0.2, 0.25) is 0 Å². The second-order valence-electron chi connectivity index (χ2n) is 5.86. The van der Waals surface area contributed by atoms with Crippen LogP contribution in [0.25, 0.3) is 0 Å². The van der Waals surface area contributed by atoms with Crippen LogP contribution in [-0.2, 0) is 4.74 Å². The first kappa shape index (κ1) is 14.5. The van der Waals surface area contributed by atoms with Gasteiger partial charge in [0.2, 0.25) is 0 Å². The van der Waals surface area contributed by atoms with Crippen LogP contribution in [0, 0.1) is 12.8 Å². The molecule has 0 aromatic heterocycles. The molecule has 0 bridgehead atoms. The molecule has 0 heterocycles. The van der Waals surface area contributed by atoms with Crippen LogP contribution in [0.4, 0.5) is 0 Å². The molecule has 2 rings (SSSR count). The minimum absolute atomic E-state index is 0.00297. The summed E-state index contributed by atoms with van der Waals surface area (Å²) in [5.41, 5.74) is 8.73. The van der Waals surface area contributed by atoms with Crippen molar-refractivity contribution in [2.75, 3.05) is 6.61 Å². The first-order valence-corrected chi connectivity index (χ1v) is 7.63. The zero-order valence-electron chi connectivity index (χ0n) is 12.3. The number of hydrogen-bond donors (Lipinski definition) is 1. The first-order chi connectivity index (χ1) is 9.20. The molecule has 106 valence electrons. The van der Waals surface area contributed by atoms with Crippen LogP contribution in [0.15, 0.2) is 24.3 Å². The lowest BCUT2D eigenvalue weighted by Gasteiger charge is -2.29. The van der Waals surface area contributed by atoms with Gasteiger partial charge >= 0.3 is 0 Å². The summed E-state index contributed by atoms with van der Waals surface area (Å²) in [6.07, 6.45) is 6.81. The lowest BCUT2D eigenvalue weighted by atomic mass is 9.85. The van der Waals surface area contributed by atoms with Gasteiger partial charge < -0.3 is 10.5 Å². The van der Waals surface area contributed by atoms with Gasteiger partial charge in [-0.15, -0.1) is 0 Å². The fraction of sp³-hybridized carbons (Fsp3) is 0.647. The highest BCUT2D eigenvalue weighted by Crippen LogP contribution is 2.29. The van der Waals surface area contributed by atoms with E-state index in [4.69, 9.17) is 10.5 Å². The molecule has 1 aliphatic rings. The summed E-state index contributed by atoms with van der Waals surface area (Å²) in [6, 6.07) is 8.33. The number of aryl methyl sites for hydroxylation is 1. The summed E-state index contributed by atoms with van der Waals surface area (Å²) >= 11 is 0. The number of rotatable bonds is 5. The Hall–Kier alpha value is -0.860. The van der Waals surface area contributed by atoms with Crippen molar-refractivity contribution in [3.05, 3.63) is 35.4 Å². The second-order valence-corrected chi connectivity index (χ2v) is 5.86. The van der Waals surface area contributed by atoms with Gasteiger partial charge in [0, 0.05) is 0 Å². The highest BCUT2D eigenvalue weighted by atomic mass is 16.5. The van der Waals surface area contributed by atoms with Crippen LogP contribution in [-0.4, -0.2) is 12.7 Å². The summed E-state index contributed by atoms with van der Waals surface area (Å²) in [5.74, 6) is 0.855. The molecule has 0 radical (unpaired) electrons. The van der Waals surface area contributed by atoms with Gasteiger partial charge in [-0.25, -0.2) is 0 Å². The summed E-state index contributed by atoms with van der Waals surface area (Å²) in [4.78, 5) is 0. The highest BCUT2D eigenvalue weighted by molar-refractivity contribution is 5.28. The van der Waals surface area contributed by atoms with Crippen LogP contribution < -0.4 is 5.73 Å². The van der Waals surface area contributed by atoms with Crippen molar-refractivity contribution in [3.63, 3.8) is 0 Å². The SMILES string of the molecule is CCC1CCCC(OCC(N)c2ccccc2C)C1. The van der Waals surface area contributed by atoms with Gasteiger partial charge in [0.25, 0.3) is 0 Å². The van der Waals surface area contributed by atoms with E-state index in [-0.39, 0.29) is 6.04 Å². The van der Waals surface area contributed by atoms with Crippen molar-refractivity contribution >= 4 is 0 Å². The van der Waals surface area contributed by atoms with Gasteiger partial charge in [-0.05, 0) is 36.8 Å². The fourth-order valence-corrected chi connectivity index (χ4v) is 3.10. The molecule has 2 heteroatoms. The predicted octanol–water partition coefficient (Wildman–Crippen LogP) is 3.98. The molecule has 0 aliphatic heterocycles. The lowest BCUT2D eigenvalue weighted by molar-refractivity contribution is 0.00555. The van der Waals surface area contributed by atoms with E-state index in [0.717, 1.165) is 5.92 Å². The van der Waals surface area contributed by atoms with Gasteiger partial charge in [-0.3, -0.25) is 0 Å². The van der Waals surface area contributed by atoms with E-state index in [1.807, 2.05) is 0 Å². The van der Waals surface area contributed by atoms with Crippen molar-refractivity contribution in [2.45, 2.75) is 58.1 Å². The molecule has 19 heavy (non-hydrogen) atoms. The van der Waals surface area contributed by atoms with Crippen LogP contribution in [0.5, 0.6) is 0 Å². The predicted molar refractivity (Wildman–Crippen MR) is 80.1 cm³/mol. The maximum Gasteiger partial charge on any atom is 0.0663 e. The third kappa shape index (κ3) is 4.05. The normalized spacial score (nSPS) is 25.2. The Balaban J connectivity index is 1.83. The zero-order chi connectivity index (χ0) is 13.7. The van der Waals surface area contributed by atoms with Crippen molar-refractivity contribution < 1.29 is 4.74 Å². The van der Waals surface area contributed by atoms with E-state index in [2.05, 4.69) is 38.1 Å². The summed E-state index contributed by atoms with van der Waals surface area (Å²) < 4.78 is 6.06. The van der Waals surface area contributed by atoms with Gasteiger partial charge in [-0.2, -0.15) is 0 Å². The Kier molecular flexibility index (Phi) is 5.41. The Morgan fingerprint density at radius 3 is 2.84 bits per heavy atom. The third-order valence-corrected chi connectivity index (χ3v) is 4.41. The molecule has 1 aromatic rings. The average Bonchev–Trinajstić information content (AvgIpc) is 2.45. The van der Waals surface area contributed by atoms with Crippen LogP contribution in [0.3, 0.4) is 0 Å². The standard InChI is InChI=1S/C17H27NO/c1-3-14-8-6-9-15(11-14)19-12-17(18)16-10-5-4-7-13(16)2/h4-5,7,10,14-15,17H,3,6,8-9,11-12,18H2,1-2H3. The third-order valence-electron chi connectivity index (χ3n) is 4.41. The molecule has 1 fully saturated rings. The molecule has 1 aromatic carbocycles. The van der Waals surface area contributed by atoms with Gasteiger partial charge in [0.15, 0.2) is 0 Å². The Morgan fingerprint density at radius 2 is 2.11 bits per heavy atom. The summed E-state index contributed by atoms with van der Waals surface area (Å²) in [6.45, 7) is 5.04. The quantitative estimate of drug-likeness (QED) is 0.870. The lowest BCUT2D eigenvalue weighted by Crippen LogP contribution is -2.27. The molecule has 0 saturated heterocycles. The molecule has 2 nitrogen and oxygen atoms in total. The maximum absolute atomic E-state index is 6.26. The van der Waals surface area contributed by atoms with E-state index in [1.165, 1.54) is 43.2 Å². The molecule has 3 unspecified atom stereocenters. The second kappa shape index (κ2) is 7.06. The minimum atomic E-state index is 0.00297. The molecule has 1 aliphatic carbocycles. The summed E-state index contributed by atoms with van der Waals surface area (Å²) in [7, 11) is 0. The largest absolute Gasteiger partial charge is 0.376 e. The molecule has 0 spiro atoms. The van der Waals surface area contributed by atoms with Crippen LogP contribution >= 0.6 is 0 Å². The van der Waals surface area contributed by atoms with Crippen molar-refractivity contribution in [3.8, 4) is 0 Å². The van der Waals surface area contributed by atoms with E-state index < -0.39 is 0 Å². The average molecular weight is 261 g/mol. The van der Waals surface area contributed by atoms with Crippen LogP contribution in [0.1, 0.15) is 56.2 Å². The number of benzene rings is 1. The first-order valence-electron chi connectivity index (χ1n) is 7.63. The topological polar surface area (TPSA) is 35.2 Å². The van der Waals surface area contributed by atoms with Gasteiger partial charge in [-0.1, -0.05) is 50.5 Å². The zero-order valence-corrected chi connectivity index (χ0v) is 12.3. The van der Waals surface area contributed by atoms with E-state index in [0.29, 0.717) is 12.7 Å². The minimum Gasteiger partial charge on any atom is -0.376 e. The van der Waals surface area contributed by atoms with E-state index in [1.54, 1.807) is 0 Å². The molecular weight excluding hydrogens is 234 g/mol.